The first-order valence-corrected chi connectivity index (χ1v) is 10.3. The van der Waals surface area contributed by atoms with Crippen LogP contribution in [0, 0.1) is 6.92 Å². The number of carbonyl (C=O) groups excluding carboxylic acids is 1. The van der Waals surface area contributed by atoms with Gasteiger partial charge in [0.15, 0.2) is 17.6 Å². The summed E-state index contributed by atoms with van der Waals surface area (Å²) in [5.74, 6) is -0.317. The molecular formula is C23H28N5O3+. The summed E-state index contributed by atoms with van der Waals surface area (Å²) >= 11 is 0. The van der Waals surface area contributed by atoms with Crippen LogP contribution >= 0.6 is 0 Å². The van der Waals surface area contributed by atoms with E-state index in [4.69, 9.17) is 5.73 Å². The summed E-state index contributed by atoms with van der Waals surface area (Å²) in [6.07, 6.45) is 2.79. The number of hydrogen-bond donors (Lipinski definition) is 2. The highest BCUT2D eigenvalue weighted by molar-refractivity contribution is 5.94. The third-order valence-corrected chi connectivity index (χ3v) is 5.31. The van der Waals surface area contributed by atoms with E-state index in [9.17, 15) is 14.4 Å². The minimum Gasteiger partial charge on any atom is -0.383 e. The van der Waals surface area contributed by atoms with Gasteiger partial charge in [-0.15, -0.1) is 0 Å². The Hall–Kier alpha value is -3.68. The lowest BCUT2D eigenvalue weighted by atomic mass is 10.2. The van der Waals surface area contributed by atoms with Gasteiger partial charge in [0.1, 0.15) is 5.82 Å². The van der Waals surface area contributed by atoms with E-state index in [1.165, 1.54) is 9.47 Å². The number of carbonyl (C=O) groups is 1. The fraction of sp³-hybridized carbons (Fsp3) is 0.304. The highest BCUT2D eigenvalue weighted by atomic mass is 16.2. The fourth-order valence-corrected chi connectivity index (χ4v) is 3.50. The summed E-state index contributed by atoms with van der Waals surface area (Å²) in [4.78, 5) is 41.9. The minimum atomic E-state index is -0.675. The number of aromatic amines is 1. The van der Waals surface area contributed by atoms with Crippen LogP contribution < -0.4 is 26.4 Å². The van der Waals surface area contributed by atoms with E-state index in [2.05, 4.69) is 4.98 Å². The molecule has 3 aromatic rings. The van der Waals surface area contributed by atoms with Crippen molar-refractivity contribution in [3.63, 3.8) is 0 Å². The minimum absolute atomic E-state index is 0.00655. The Morgan fingerprint density at radius 2 is 1.81 bits per heavy atom. The van der Waals surface area contributed by atoms with Crippen molar-refractivity contribution in [1.82, 2.24) is 9.55 Å². The monoisotopic (exact) mass is 422 g/mol. The van der Waals surface area contributed by atoms with Gasteiger partial charge in [-0.05, 0) is 25.0 Å². The van der Waals surface area contributed by atoms with Gasteiger partial charge in [-0.25, -0.2) is 4.79 Å². The van der Waals surface area contributed by atoms with E-state index in [-0.39, 0.29) is 37.0 Å². The number of nitrogens with one attached hydrogen (secondary N) is 1. The molecule has 8 heteroatoms. The second-order valence-corrected chi connectivity index (χ2v) is 7.36. The number of pyridine rings is 1. The number of benzene rings is 1. The van der Waals surface area contributed by atoms with Crippen LogP contribution in [0.2, 0.25) is 0 Å². The Morgan fingerprint density at radius 1 is 1.10 bits per heavy atom. The molecule has 0 radical (unpaired) electrons. The van der Waals surface area contributed by atoms with Crippen molar-refractivity contribution in [2.45, 2.75) is 40.3 Å². The van der Waals surface area contributed by atoms with E-state index >= 15 is 0 Å². The van der Waals surface area contributed by atoms with Crippen molar-refractivity contribution in [1.29, 1.82) is 0 Å². The van der Waals surface area contributed by atoms with Crippen LogP contribution in [0.25, 0.3) is 0 Å². The van der Waals surface area contributed by atoms with Crippen molar-refractivity contribution in [2.75, 3.05) is 17.2 Å². The lowest BCUT2D eigenvalue weighted by molar-refractivity contribution is -0.690. The summed E-state index contributed by atoms with van der Waals surface area (Å²) in [7, 11) is 0. The Balaban J connectivity index is 1.99. The molecule has 1 amide bonds. The predicted octanol–water partition coefficient (Wildman–Crippen LogP) is 1.38. The predicted molar refractivity (Wildman–Crippen MR) is 120 cm³/mol. The molecule has 0 saturated carbocycles. The zero-order chi connectivity index (χ0) is 22.5. The number of amides is 1. The number of aryl methyl sites for hydroxylation is 2. The Labute approximate surface area is 180 Å². The highest BCUT2D eigenvalue weighted by Gasteiger charge is 2.26. The van der Waals surface area contributed by atoms with Crippen molar-refractivity contribution in [3.05, 3.63) is 86.3 Å². The van der Waals surface area contributed by atoms with Gasteiger partial charge in [0.2, 0.25) is 6.54 Å². The third kappa shape index (κ3) is 4.74. The number of nitrogens with two attached hydrogens (primary N) is 1. The number of H-pyrrole nitrogens is 1. The Kier molecular flexibility index (Phi) is 6.69. The standard InChI is InChI=1S/C23H27N5O3/c1-4-17-12-11-16(3)26(13-17)15-19(29)27(5-2)20-21(24)28(23(31)25-22(20)30)14-18-9-7-6-8-10-18/h6-13H,4-5,14-15H2,1-3H3,(H2-,24,25,30,31)/p+1. The molecule has 0 spiro atoms. The third-order valence-electron chi connectivity index (χ3n) is 5.31. The summed E-state index contributed by atoms with van der Waals surface area (Å²) in [6, 6.07) is 13.3. The van der Waals surface area contributed by atoms with Gasteiger partial charge in [0, 0.05) is 25.1 Å². The molecule has 162 valence electrons. The second kappa shape index (κ2) is 9.42. The molecule has 3 rings (SSSR count). The Bertz CT molecular complexity index is 1200. The molecule has 2 aromatic heterocycles. The quantitative estimate of drug-likeness (QED) is 0.561. The van der Waals surface area contributed by atoms with Crippen molar-refractivity contribution >= 4 is 17.4 Å². The number of nitrogen functional groups attached to an aromatic ring is 1. The van der Waals surface area contributed by atoms with Gasteiger partial charge >= 0.3 is 5.69 Å². The SMILES string of the molecule is CCc1ccc(C)[n+](CC(=O)N(CC)c2c(N)n(Cc3ccccc3)c(=O)[nH]c2=O)c1. The molecule has 0 atom stereocenters. The number of nitrogens with zero attached hydrogens (tertiary/aromatic N) is 3. The maximum absolute atomic E-state index is 13.2. The molecule has 0 unspecified atom stereocenters. The highest BCUT2D eigenvalue weighted by Crippen LogP contribution is 2.18. The van der Waals surface area contributed by atoms with E-state index in [0.29, 0.717) is 0 Å². The molecule has 0 aliphatic carbocycles. The molecule has 0 saturated heterocycles. The summed E-state index contributed by atoms with van der Waals surface area (Å²) in [6.45, 7) is 6.22. The average Bonchev–Trinajstić information content (AvgIpc) is 2.76. The van der Waals surface area contributed by atoms with Crippen LogP contribution in [0.3, 0.4) is 0 Å². The van der Waals surface area contributed by atoms with E-state index in [0.717, 1.165) is 23.2 Å². The molecule has 2 heterocycles. The van der Waals surface area contributed by atoms with Crippen molar-refractivity contribution < 1.29 is 9.36 Å². The lowest BCUT2D eigenvalue weighted by Gasteiger charge is -2.22. The van der Waals surface area contributed by atoms with Gasteiger partial charge in [-0.2, -0.15) is 4.57 Å². The van der Waals surface area contributed by atoms with E-state index in [1.807, 2.05) is 67.1 Å². The van der Waals surface area contributed by atoms with Crippen LogP contribution in [0.4, 0.5) is 11.5 Å². The van der Waals surface area contributed by atoms with Crippen molar-refractivity contribution in [2.24, 2.45) is 0 Å². The van der Waals surface area contributed by atoms with Crippen LogP contribution in [0.5, 0.6) is 0 Å². The molecule has 3 N–H and O–H groups in total. The smallest absolute Gasteiger partial charge is 0.330 e. The fourth-order valence-electron chi connectivity index (χ4n) is 3.50. The Morgan fingerprint density at radius 3 is 2.45 bits per heavy atom. The van der Waals surface area contributed by atoms with E-state index < -0.39 is 11.2 Å². The zero-order valence-electron chi connectivity index (χ0n) is 18.1. The topological polar surface area (TPSA) is 105 Å². The molecule has 1 aromatic carbocycles. The molecule has 0 fully saturated rings. The van der Waals surface area contributed by atoms with Gasteiger partial charge in [-0.1, -0.05) is 37.3 Å². The van der Waals surface area contributed by atoms with Crippen molar-refractivity contribution in [3.8, 4) is 0 Å². The number of hydrogen-bond acceptors (Lipinski definition) is 4. The molecule has 0 aliphatic heterocycles. The number of anilines is 2. The largest absolute Gasteiger partial charge is 0.383 e. The van der Waals surface area contributed by atoms with Gasteiger partial charge < -0.3 is 5.73 Å². The molecule has 0 aliphatic rings. The maximum Gasteiger partial charge on any atom is 0.330 e. The van der Waals surface area contributed by atoms with Crippen LogP contribution in [0.1, 0.15) is 30.7 Å². The molecular weight excluding hydrogens is 394 g/mol. The lowest BCUT2D eigenvalue weighted by Crippen LogP contribution is -2.49. The first-order chi connectivity index (χ1) is 14.8. The zero-order valence-corrected chi connectivity index (χ0v) is 18.1. The second-order valence-electron chi connectivity index (χ2n) is 7.36. The van der Waals surface area contributed by atoms with Crippen LogP contribution in [0.15, 0.2) is 58.3 Å². The summed E-state index contributed by atoms with van der Waals surface area (Å²) in [5.41, 5.74) is 7.85. The summed E-state index contributed by atoms with van der Waals surface area (Å²) in [5, 5.41) is 0. The first-order valence-electron chi connectivity index (χ1n) is 10.3. The molecule has 8 nitrogen and oxygen atoms in total. The first kappa shape index (κ1) is 22.0. The van der Waals surface area contributed by atoms with Gasteiger partial charge in [-0.3, -0.25) is 24.0 Å². The molecule has 31 heavy (non-hydrogen) atoms. The summed E-state index contributed by atoms with van der Waals surface area (Å²) < 4.78 is 3.13. The van der Waals surface area contributed by atoms with E-state index in [1.54, 1.807) is 6.92 Å². The van der Waals surface area contributed by atoms with Gasteiger partial charge in [0.25, 0.3) is 11.5 Å². The normalized spacial score (nSPS) is 10.8. The van der Waals surface area contributed by atoms with Crippen LogP contribution in [-0.2, 0) is 24.3 Å². The molecule has 0 bridgehead atoms. The van der Waals surface area contributed by atoms with Gasteiger partial charge in [0.05, 0.1) is 6.54 Å². The van der Waals surface area contributed by atoms with Crippen LogP contribution in [-0.4, -0.2) is 22.0 Å². The number of likely N-dealkylation sites (N-methyl/N-ethyl adjacent to an activating group) is 1. The number of rotatable bonds is 7. The number of aromatic nitrogens is 3. The average molecular weight is 423 g/mol. The maximum atomic E-state index is 13.2.